The fraction of sp³-hybridized carbons (Fsp3) is 0.261. The predicted octanol–water partition coefficient (Wildman–Crippen LogP) is 4.09. The first kappa shape index (κ1) is 22.6. The van der Waals surface area contributed by atoms with Crippen molar-refractivity contribution in [1.29, 1.82) is 0 Å². The fourth-order valence-corrected chi connectivity index (χ4v) is 3.95. The van der Waals surface area contributed by atoms with Gasteiger partial charge in [-0.15, -0.1) is 4.83 Å². The first-order valence-corrected chi connectivity index (χ1v) is 11.2. The van der Waals surface area contributed by atoms with Gasteiger partial charge in [0.15, 0.2) is 5.76 Å². The van der Waals surface area contributed by atoms with Gasteiger partial charge >= 0.3 is 5.91 Å². The van der Waals surface area contributed by atoms with Gasteiger partial charge in [0, 0.05) is 0 Å². The summed E-state index contributed by atoms with van der Waals surface area (Å²) < 4.78 is 36.5. The third-order valence-corrected chi connectivity index (χ3v) is 6.04. The number of benzene rings is 2. The van der Waals surface area contributed by atoms with Gasteiger partial charge in [0.2, 0.25) is 0 Å². The van der Waals surface area contributed by atoms with Gasteiger partial charge in [0.05, 0.1) is 4.90 Å². The Morgan fingerprint density at radius 1 is 1.03 bits per heavy atom. The van der Waals surface area contributed by atoms with Crippen LogP contribution in [0, 0.1) is 6.92 Å². The summed E-state index contributed by atoms with van der Waals surface area (Å²) in [5, 5.41) is 0. The van der Waals surface area contributed by atoms with Gasteiger partial charge in [0.1, 0.15) is 18.1 Å². The van der Waals surface area contributed by atoms with E-state index in [9.17, 15) is 13.2 Å². The van der Waals surface area contributed by atoms with Crippen molar-refractivity contribution in [2.75, 3.05) is 0 Å². The quantitative estimate of drug-likeness (QED) is 0.537. The van der Waals surface area contributed by atoms with Gasteiger partial charge in [-0.2, -0.15) is 0 Å². The van der Waals surface area contributed by atoms with Gasteiger partial charge in [-0.3, -0.25) is 10.2 Å². The Kier molecular flexibility index (Phi) is 6.52. The van der Waals surface area contributed by atoms with Crippen LogP contribution < -0.4 is 15.0 Å². The molecular formula is C23H26N2O5S. The SMILES string of the molecule is Cc1ccc(C(C)(C)C)cc1S(=O)(=O)NNC(=O)c1ccc(COc2ccccc2)o1. The van der Waals surface area contributed by atoms with Gasteiger partial charge in [-0.05, 0) is 53.8 Å². The summed E-state index contributed by atoms with van der Waals surface area (Å²) >= 11 is 0. The highest BCUT2D eigenvalue weighted by atomic mass is 32.2. The highest BCUT2D eigenvalue weighted by molar-refractivity contribution is 7.89. The largest absolute Gasteiger partial charge is 0.486 e. The second-order valence-corrected chi connectivity index (χ2v) is 9.81. The molecule has 0 saturated heterocycles. The van der Waals surface area contributed by atoms with Gasteiger partial charge < -0.3 is 9.15 Å². The maximum Gasteiger partial charge on any atom is 0.301 e. The molecule has 0 bridgehead atoms. The van der Waals surface area contributed by atoms with E-state index in [4.69, 9.17) is 9.15 Å². The highest BCUT2D eigenvalue weighted by Gasteiger charge is 2.22. The fourth-order valence-electron chi connectivity index (χ4n) is 2.83. The minimum Gasteiger partial charge on any atom is -0.486 e. The molecule has 3 aromatic rings. The number of sulfonamides is 1. The number of carbonyl (C=O) groups excluding carboxylic acids is 1. The Morgan fingerprint density at radius 3 is 2.42 bits per heavy atom. The Balaban J connectivity index is 1.65. The molecule has 0 atom stereocenters. The zero-order chi connectivity index (χ0) is 22.6. The molecule has 0 aliphatic rings. The number of amides is 1. The Labute approximate surface area is 182 Å². The minimum atomic E-state index is -3.96. The maximum atomic E-state index is 12.8. The second kappa shape index (κ2) is 8.95. The van der Waals surface area contributed by atoms with Gasteiger partial charge in [-0.25, -0.2) is 8.42 Å². The van der Waals surface area contributed by atoms with E-state index in [-0.39, 0.29) is 22.7 Å². The lowest BCUT2D eigenvalue weighted by molar-refractivity contribution is 0.0913. The topological polar surface area (TPSA) is 97.6 Å². The number of para-hydroxylation sites is 1. The van der Waals surface area contributed by atoms with Gasteiger partial charge in [-0.1, -0.05) is 51.1 Å². The molecule has 2 aromatic carbocycles. The molecule has 0 aliphatic carbocycles. The van der Waals surface area contributed by atoms with Crippen LogP contribution >= 0.6 is 0 Å². The molecule has 0 radical (unpaired) electrons. The summed E-state index contributed by atoms with van der Waals surface area (Å²) in [7, 11) is -3.96. The molecule has 0 aliphatic heterocycles. The number of furan rings is 1. The van der Waals surface area contributed by atoms with Crippen LogP contribution in [-0.4, -0.2) is 14.3 Å². The third-order valence-electron chi connectivity index (χ3n) is 4.65. The number of carbonyl (C=O) groups is 1. The molecule has 164 valence electrons. The van der Waals surface area contributed by atoms with E-state index in [0.29, 0.717) is 17.1 Å². The van der Waals surface area contributed by atoms with Crippen LogP contribution in [0.4, 0.5) is 0 Å². The van der Waals surface area contributed by atoms with Crippen molar-refractivity contribution in [1.82, 2.24) is 10.3 Å². The second-order valence-electron chi connectivity index (χ2n) is 8.16. The van der Waals surface area contributed by atoms with Crippen LogP contribution in [0.1, 0.15) is 48.2 Å². The van der Waals surface area contributed by atoms with E-state index in [2.05, 4.69) is 10.3 Å². The number of hydrazine groups is 1. The monoisotopic (exact) mass is 442 g/mol. The summed E-state index contributed by atoms with van der Waals surface area (Å²) in [6.45, 7) is 7.84. The lowest BCUT2D eigenvalue weighted by atomic mass is 9.87. The van der Waals surface area contributed by atoms with Crippen molar-refractivity contribution in [2.45, 2.75) is 44.6 Å². The van der Waals surface area contributed by atoms with E-state index in [1.807, 2.05) is 57.2 Å². The van der Waals surface area contributed by atoms with E-state index in [0.717, 1.165) is 5.56 Å². The van der Waals surface area contributed by atoms with Crippen molar-refractivity contribution in [3.63, 3.8) is 0 Å². The Hall–Kier alpha value is -3.10. The average Bonchev–Trinajstić information content (AvgIpc) is 3.20. The summed E-state index contributed by atoms with van der Waals surface area (Å²) in [6, 6.07) is 17.5. The molecule has 31 heavy (non-hydrogen) atoms. The number of ether oxygens (including phenoxy) is 1. The Bertz CT molecular complexity index is 1160. The molecule has 7 nitrogen and oxygen atoms in total. The zero-order valence-electron chi connectivity index (χ0n) is 17.9. The number of aryl methyl sites for hydroxylation is 1. The predicted molar refractivity (Wildman–Crippen MR) is 117 cm³/mol. The third kappa shape index (κ3) is 5.74. The summed E-state index contributed by atoms with van der Waals surface area (Å²) in [5.41, 5.74) is 3.44. The minimum absolute atomic E-state index is 0.0328. The smallest absolute Gasteiger partial charge is 0.301 e. The van der Waals surface area contributed by atoms with Crippen molar-refractivity contribution in [2.24, 2.45) is 0 Å². The van der Waals surface area contributed by atoms with Crippen LogP contribution in [-0.2, 0) is 22.0 Å². The van der Waals surface area contributed by atoms with Crippen LogP contribution in [0.2, 0.25) is 0 Å². The lowest BCUT2D eigenvalue weighted by Crippen LogP contribution is -2.41. The van der Waals surface area contributed by atoms with Crippen molar-refractivity contribution < 1.29 is 22.4 Å². The van der Waals surface area contributed by atoms with E-state index < -0.39 is 15.9 Å². The van der Waals surface area contributed by atoms with Crippen molar-refractivity contribution >= 4 is 15.9 Å². The molecule has 0 fully saturated rings. The van der Waals surface area contributed by atoms with E-state index >= 15 is 0 Å². The summed E-state index contributed by atoms with van der Waals surface area (Å²) in [4.78, 5) is 14.6. The standard InChI is InChI=1S/C23H26N2O5S/c1-16-10-11-17(23(2,3)4)14-21(16)31(27,28)25-24-22(26)20-13-12-19(30-20)15-29-18-8-6-5-7-9-18/h5-14,25H,15H2,1-4H3,(H,24,26). The Morgan fingerprint density at radius 2 is 1.74 bits per heavy atom. The number of hydrogen-bond acceptors (Lipinski definition) is 5. The molecule has 1 aromatic heterocycles. The molecule has 3 rings (SSSR count). The number of nitrogens with one attached hydrogen (secondary N) is 2. The number of hydrogen-bond donors (Lipinski definition) is 2. The first-order chi connectivity index (χ1) is 14.6. The zero-order valence-corrected chi connectivity index (χ0v) is 18.7. The van der Waals surface area contributed by atoms with Crippen LogP contribution in [0.3, 0.4) is 0 Å². The average molecular weight is 443 g/mol. The summed E-state index contributed by atoms with van der Waals surface area (Å²) in [6.07, 6.45) is 0. The lowest BCUT2D eigenvalue weighted by Gasteiger charge is -2.21. The molecule has 2 N–H and O–H groups in total. The van der Waals surface area contributed by atoms with Crippen molar-refractivity contribution in [3.8, 4) is 5.75 Å². The first-order valence-electron chi connectivity index (χ1n) is 9.76. The van der Waals surface area contributed by atoms with Crippen LogP contribution in [0.5, 0.6) is 5.75 Å². The van der Waals surface area contributed by atoms with E-state index in [1.165, 1.54) is 6.07 Å². The highest BCUT2D eigenvalue weighted by Crippen LogP contribution is 2.26. The number of rotatable bonds is 7. The molecule has 8 heteroatoms. The van der Waals surface area contributed by atoms with Crippen molar-refractivity contribution in [3.05, 3.63) is 83.3 Å². The van der Waals surface area contributed by atoms with Gasteiger partial charge in [0.25, 0.3) is 10.0 Å². The normalized spacial score (nSPS) is 11.9. The molecule has 1 amide bonds. The van der Waals surface area contributed by atoms with Crippen LogP contribution in [0.15, 0.2) is 70.0 Å². The molecule has 0 unspecified atom stereocenters. The summed E-state index contributed by atoms with van der Waals surface area (Å²) in [5.74, 6) is 0.366. The molecule has 0 spiro atoms. The van der Waals surface area contributed by atoms with E-state index in [1.54, 1.807) is 25.1 Å². The molecule has 0 saturated carbocycles. The molecule has 1 heterocycles. The molecular weight excluding hydrogens is 416 g/mol. The van der Waals surface area contributed by atoms with Crippen LogP contribution in [0.25, 0.3) is 0 Å². The maximum absolute atomic E-state index is 12.8.